The smallest absolute Gasteiger partial charge is 0.335 e. The standard InChI is InChI=1S/C13H14ClN3O3/c1-17(6-2-5-15)8-12(18)16-11-7-9(13(19)20)3-4-10(11)14/h3-4,7H,2,6,8H2,1H3,(H,16,18)(H,19,20). The number of carboxylic acids is 1. The number of hydrogen-bond acceptors (Lipinski definition) is 4. The molecule has 0 saturated heterocycles. The van der Waals surface area contributed by atoms with E-state index in [0.29, 0.717) is 13.0 Å². The van der Waals surface area contributed by atoms with Gasteiger partial charge in [0.1, 0.15) is 0 Å². The van der Waals surface area contributed by atoms with Crippen molar-refractivity contribution in [2.45, 2.75) is 6.42 Å². The molecule has 1 rings (SSSR count). The van der Waals surface area contributed by atoms with E-state index in [-0.39, 0.29) is 28.7 Å². The quantitative estimate of drug-likeness (QED) is 0.835. The summed E-state index contributed by atoms with van der Waals surface area (Å²) in [5, 5.41) is 20.2. The van der Waals surface area contributed by atoms with Crippen LogP contribution in [0.5, 0.6) is 0 Å². The summed E-state index contributed by atoms with van der Waals surface area (Å²) in [6.45, 7) is 0.572. The summed E-state index contributed by atoms with van der Waals surface area (Å²) in [6.07, 6.45) is 0.332. The molecular weight excluding hydrogens is 282 g/mol. The number of carbonyl (C=O) groups is 2. The van der Waals surface area contributed by atoms with Crippen molar-refractivity contribution in [1.82, 2.24) is 4.90 Å². The predicted molar refractivity (Wildman–Crippen MR) is 74.8 cm³/mol. The van der Waals surface area contributed by atoms with Crippen LogP contribution in [0.1, 0.15) is 16.8 Å². The van der Waals surface area contributed by atoms with Crippen LogP contribution in [0.2, 0.25) is 5.02 Å². The van der Waals surface area contributed by atoms with Crippen molar-refractivity contribution >= 4 is 29.2 Å². The van der Waals surface area contributed by atoms with E-state index in [1.807, 2.05) is 6.07 Å². The van der Waals surface area contributed by atoms with Crippen LogP contribution in [0, 0.1) is 11.3 Å². The molecule has 1 aromatic carbocycles. The number of rotatable bonds is 6. The lowest BCUT2D eigenvalue weighted by molar-refractivity contribution is -0.117. The van der Waals surface area contributed by atoms with Gasteiger partial charge < -0.3 is 10.4 Å². The number of anilines is 1. The Morgan fingerprint density at radius 2 is 2.20 bits per heavy atom. The lowest BCUT2D eigenvalue weighted by atomic mass is 10.2. The first-order valence-corrected chi connectivity index (χ1v) is 6.20. The third-order valence-corrected chi connectivity index (χ3v) is 2.84. The Labute approximate surface area is 121 Å². The highest BCUT2D eigenvalue weighted by molar-refractivity contribution is 6.33. The minimum Gasteiger partial charge on any atom is -0.478 e. The van der Waals surface area contributed by atoms with Gasteiger partial charge in [0.2, 0.25) is 5.91 Å². The summed E-state index contributed by atoms with van der Waals surface area (Å²) in [5.74, 6) is -1.42. The molecule has 0 aliphatic rings. The van der Waals surface area contributed by atoms with Gasteiger partial charge in [-0.3, -0.25) is 9.69 Å². The monoisotopic (exact) mass is 295 g/mol. The van der Waals surface area contributed by atoms with Crippen molar-refractivity contribution < 1.29 is 14.7 Å². The van der Waals surface area contributed by atoms with Crippen LogP contribution >= 0.6 is 11.6 Å². The van der Waals surface area contributed by atoms with Gasteiger partial charge in [0.25, 0.3) is 0 Å². The highest BCUT2D eigenvalue weighted by Gasteiger charge is 2.11. The predicted octanol–water partition coefficient (Wildman–Crippen LogP) is 1.82. The molecule has 0 aliphatic heterocycles. The van der Waals surface area contributed by atoms with Crippen LogP contribution in [0.4, 0.5) is 5.69 Å². The maximum absolute atomic E-state index is 11.8. The van der Waals surface area contributed by atoms with Crippen LogP contribution in [0.15, 0.2) is 18.2 Å². The maximum Gasteiger partial charge on any atom is 0.335 e. The second-order valence-corrected chi connectivity index (χ2v) is 4.60. The van der Waals surface area contributed by atoms with Crippen molar-refractivity contribution in [3.8, 4) is 6.07 Å². The van der Waals surface area contributed by atoms with Gasteiger partial charge in [-0.05, 0) is 25.2 Å². The Hall–Kier alpha value is -2.10. The average molecular weight is 296 g/mol. The Bertz CT molecular complexity index is 554. The summed E-state index contributed by atoms with van der Waals surface area (Å²) in [5.41, 5.74) is 0.299. The molecule has 0 heterocycles. The van der Waals surface area contributed by atoms with Crippen LogP contribution in [0.3, 0.4) is 0 Å². The Balaban J connectivity index is 2.68. The summed E-state index contributed by atoms with van der Waals surface area (Å²) < 4.78 is 0. The van der Waals surface area contributed by atoms with E-state index in [4.69, 9.17) is 22.0 Å². The zero-order valence-corrected chi connectivity index (χ0v) is 11.6. The van der Waals surface area contributed by atoms with Crippen molar-refractivity contribution in [3.05, 3.63) is 28.8 Å². The molecule has 0 atom stereocenters. The zero-order chi connectivity index (χ0) is 15.1. The first-order valence-electron chi connectivity index (χ1n) is 5.82. The number of nitrogens with zero attached hydrogens (tertiary/aromatic N) is 2. The first kappa shape index (κ1) is 16.0. The molecule has 0 saturated carbocycles. The number of benzene rings is 1. The molecule has 0 radical (unpaired) electrons. The van der Waals surface area contributed by atoms with Gasteiger partial charge in [0, 0.05) is 13.0 Å². The van der Waals surface area contributed by atoms with Gasteiger partial charge in [-0.15, -0.1) is 0 Å². The normalized spacial score (nSPS) is 10.1. The first-order chi connectivity index (χ1) is 9.43. The zero-order valence-electron chi connectivity index (χ0n) is 10.9. The van der Waals surface area contributed by atoms with Gasteiger partial charge >= 0.3 is 5.97 Å². The molecule has 0 bridgehead atoms. The molecule has 0 unspecified atom stereocenters. The number of nitrogens with one attached hydrogen (secondary N) is 1. The number of nitriles is 1. The van der Waals surface area contributed by atoms with Gasteiger partial charge in [-0.25, -0.2) is 4.79 Å². The van der Waals surface area contributed by atoms with Crippen molar-refractivity contribution in [1.29, 1.82) is 5.26 Å². The lowest BCUT2D eigenvalue weighted by Gasteiger charge is -2.15. The molecule has 0 spiro atoms. The topological polar surface area (TPSA) is 93.4 Å². The highest BCUT2D eigenvalue weighted by Crippen LogP contribution is 2.23. The fourth-order valence-corrected chi connectivity index (χ4v) is 1.67. The fraction of sp³-hybridized carbons (Fsp3) is 0.308. The molecule has 6 nitrogen and oxygen atoms in total. The minimum atomic E-state index is -1.09. The van der Waals surface area contributed by atoms with Crippen molar-refractivity contribution in [2.75, 3.05) is 25.5 Å². The minimum absolute atomic E-state index is 0.0440. The van der Waals surface area contributed by atoms with E-state index in [1.54, 1.807) is 11.9 Å². The number of carbonyl (C=O) groups excluding carboxylic acids is 1. The van der Waals surface area contributed by atoms with Gasteiger partial charge in [0.15, 0.2) is 0 Å². The summed E-state index contributed by atoms with van der Waals surface area (Å²) in [4.78, 5) is 24.3. The molecular formula is C13H14ClN3O3. The summed E-state index contributed by atoms with van der Waals surface area (Å²) >= 11 is 5.90. The summed E-state index contributed by atoms with van der Waals surface area (Å²) in [7, 11) is 1.71. The van der Waals surface area contributed by atoms with E-state index in [2.05, 4.69) is 5.32 Å². The van der Waals surface area contributed by atoms with E-state index in [0.717, 1.165) is 0 Å². The largest absolute Gasteiger partial charge is 0.478 e. The van der Waals surface area contributed by atoms with Crippen molar-refractivity contribution in [3.63, 3.8) is 0 Å². The van der Waals surface area contributed by atoms with Crippen LogP contribution in [-0.4, -0.2) is 42.0 Å². The molecule has 2 N–H and O–H groups in total. The van der Waals surface area contributed by atoms with E-state index in [1.165, 1.54) is 18.2 Å². The second kappa shape index (κ2) is 7.48. The molecule has 20 heavy (non-hydrogen) atoms. The number of amides is 1. The van der Waals surface area contributed by atoms with E-state index < -0.39 is 5.97 Å². The van der Waals surface area contributed by atoms with E-state index >= 15 is 0 Å². The Morgan fingerprint density at radius 1 is 1.50 bits per heavy atom. The van der Waals surface area contributed by atoms with Crippen LogP contribution < -0.4 is 5.32 Å². The van der Waals surface area contributed by atoms with Gasteiger partial charge in [-0.2, -0.15) is 5.26 Å². The van der Waals surface area contributed by atoms with Crippen LogP contribution in [-0.2, 0) is 4.79 Å². The average Bonchev–Trinajstić information content (AvgIpc) is 2.38. The number of aromatic carboxylic acids is 1. The number of carboxylic acid groups (broad SMARTS) is 1. The number of hydrogen-bond donors (Lipinski definition) is 2. The highest BCUT2D eigenvalue weighted by atomic mass is 35.5. The maximum atomic E-state index is 11.8. The van der Waals surface area contributed by atoms with Gasteiger partial charge in [-0.1, -0.05) is 11.6 Å². The molecule has 0 aromatic heterocycles. The number of likely N-dealkylation sites (N-methyl/N-ethyl adjacent to an activating group) is 1. The second-order valence-electron chi connectivity index (χ2n) is 4.19. The third kappa shape index (κ3) is 4.88. The molecule has 0 fully saturated rings. The van der Waals surface area contributed by atoms with Crippen molar-refractivity contribution in [2.24, 2.45) is 0 Å². The summed E-state index contributed by atoms with van der Waals surface area (Å²) in [6, 6.07) is 6.07. The van der Waals surface area contributed by atoms with Crippen LogP contribution in [0.25, 0.3) is 0 Å². The molecule has 0 aliphatic carbocycles. The number of halogens is 1. The Morgan fingerprint density at radius 3 is 2.80 bits per heavy atom. The molecule has 1 amide bonds. The van der Waals surface area contributed by atoms with Gasteiger partial charge in [0.05, 0.1) is 28.9 Å². The lowest BCUT2D eigenvalue weighted by Crippen LogP contribution is -2.30. The molecule has 1 aromatic rings. The SMILES string of the molecule is CN(CCC#N)CC(=O)Nc1cc(C(=O)O)ccc1Cl. The fourth-order valence-electron chi connectivity index (χ4n) is 1.51. The third-order valence-electron chi connectivity index (χ3n) is 2.51. The molecule has 7 heteroatoms. The molecule has 106 valence electrons. The van der Waals surface area contributed by atoms with E-state index in [9.17, 15) is 9.59 Å². The Kier molecular flexibility index (Phi) is 5.97.